The molecule has 1 amide bonds. The lowest BCUT2D eigenvalue weighted by Gasteiger charge is -2.13. The molecule has 2 N–H and O–H groups in total. The van der Waals surface area contributed by atoms with E-state index in [-0.39, 0.29) is 12.4 Å². The number of benzene rings is 1. The lowest BCUT2D eigenvalue weighted by atomic mass is 9.99. The fourth-order valence-electron chi connectivity index (χ4n) is 1.70. The maximum atomic E-state index is 12.5. The summed E-state index contributed by atoms with van der Waals surface area (Å²) in [6.45, 7) is -0.0514. The topological polar surface area (TPSA) is 88.2 Å². The van der Waals surface area contributed by atoms with Gasteiger partial charge in [-0.15, -0.1) is 10.2 Å². The van der Waals surface area contributed by atoms with Crippen LogP contribution in [0.15, 0.2) is 34.7 Å². The molecule has 1 heterocycles. The van der Waals surface area contributed by atoms with E-state index in [4.69, 9.17) is 9.52 Å². The number of alkyl halides is 2. The van der Waals surface area contributed by atoms with Crippen molar-refractivity contribution in [3.63, 3.8) is 0 Å². The number of nitrogens with one attached hydrogen (secondary N) is 1. The van der Waals surface area contributed by atoms with Crippen molar-refractivity contribution in [1.29, 1.82) is 0 Å². The Morgan fingerprint density at radius 3 is 2.45 bits per heavy atom. The number of hydrogen-bond donors (Lipinski definition) is 2. The summed E-state index contributed by atoms with van der Waals surface area (Å²) in [5.41, 5.74) is 0.686. The van der Waals surface area contributed by atoms with Gasteiger partial charge in [-0.05, 0) is 5.56 Å². The molecule has 0 aliphatic carbocycles. The Morgan fingerprint density at radius 2 is 1.90 bits per heavy atom. The first kappa shape index (κ1) is 13.9. The average Bonchev–Trinajstić information content (AvgIpc) is 2.90. The molecule has 0 aliphatic rings. The highest BCUT2D eigenvalue weighted by Crippen LogP contribution is 2.25. The van der Waals surface area contributed by atoms with Crippen LogP contribution in [0.2, 0.25) is 0 Å². The second-order valence-corrected chi connectivity index (χ2v) is 3.93. The van der Waals surface area contributed by atoms with Crippen LogP contribution in [0.1, 0.15) is 29.7 Å². The molecule has 20 heavy (non-hydrogen) atoms. The van der Waals surface area contributed by atoms with Gasteiger partial charge in [0.1, 0.15) is 0 Å². The molecule has 0 fully saturated rings. The fourth-order valence-corrected chi connectivity index (χ4v) is 1.70. The highest BCUT2D eigenvalue weighted by Gasteiger charge is 2.24. The zero-order valence-electron chi connectivity index (χ0n) is 10.2. The second kappa shape index (κ2) is 6.09. The smallest absolute Gasteiger partial charge is 0.404 e. The van der Waals surface area contributed by atoms with Crippen LogP contribution in [0.3, 0.4) is 0 Å². The van der Waals surface area contributed by atoms with Gasteiger partial charge in [-0.25, -0.2) is 4.79 Å². The summed E-state index contributed by atoms with van der Waals surface area (Å²) in [5.74, 6) is -1.45. The van der Waals surface area contributed by atoms with E-state index in [0.29, 0.717) is 5.56 Å². The molecule has 0 bridgehead atoms. The lowest BCUT2D eigenvalue weighted by Crippen LogP contribution is -2.27. The third-order valence-electron chi connectivity index (χ3n) is 2.60. The fraction of sp³-hybridized carbons (Fsp3) is 0.250. The Hall–Kier alpha value is -2.51. The Morgan fingerprint density at radius 1 is 1.25 bits per heavy atom. The van der Waals surface area contributed by atoms with Crippen molar-refractivity contribution >= 4 is 6.09 Å². The molecule has 6 nitrogen and oxygen atoms in total. The van der Waals surface area contributed by atoms with Crippen LogP contribution in [-0.2, 0) is 0 Å². The van der Waals surface area contributed by atoms with E-state index in [0.717, 1.165) is 0 Å². The third kappa shape index (κ3) is 3.28. The van der Waals surface area contributed by atoms with E-state index in [2.05, 4.69) is 15.5 Å². The number of carboxylic acid groups (broad SMARTS) is 1. The zero-order chi connectivity index (χ0) is 14.5. The largest absolute Gasteiger partial charge is 0.465 e. The summed E-state index contributed by atoms with van der Waals surface area (Å²) in [5, 5.41) is 17.6. The van der Waals surface area contributed by atoms with Gasteiger partial charge < -0.3 is 14.8 Å². The molecule has 2 aromatic rings. The molecule has 0 spiro atoms. The first-order valence-electron chi connectivity index (χ1n) is 5.71. The van der Waals surface area contributed by atoms with Crippen LogP contribution in [0.25, 0.3) is 0 Å². The number of amides is 1. The first-order chi connectivity index (χ1) is 9.58. The predicted molar refractivity (Wildman–Crippen MR) is 63.6 cm³/mol. The Labute approximate surface area is 112 Å². The van der Waals surface area contributed by atoms with Crippen molar-refractivity contribution in [2.45, 2.75) is 12.3 Å². The van der Waals surface area contributed by atoms with Crippen molar-refractivity contribution in [1.82, 2.24) is 15.5 Å². The molecule has 0 aliphatic heterocycles. The number of hydrogen-bond acceptors (Lipinski definition) is 4. The Balaban J connectivity index is 2.27. The van der Waals surface area contributed by atoms with E-state index < -0.39 is 24.3 Å². The zero-order valence-corrected chi connectivity index (χ0v) is 10.2. The van der Waals surface area contributed by atoms with E-state index in [1.54, 1.807) is 30.3 Å². The molecule has 0 saturated carbocycles. The van der Waals surface area contributed by atoms with E-state index >= 15 is 0 Å². The van der Waals surface area contributed by atoms with Gasteiger partial charge in [-0.3, -0.25) is 0 Å². The molecule has 1 aromatic heterocycles. The highest BCUT2D eigenvalue weighted by molar-refractivity contribution is 5.64. The Bertz CT molecular complexity index is 574. The van der Waals surface area contributed by atoms with Crippen LogP contribution in [0.5, 0.6) is 0 Å². The van der Waals surface area contributed by atoms with Crippen molar-refractivity contribution in [3.05, 3.63) is 47.7 Å². The summed E-state index contributed by atoms with van der Waals surface area (Å²) in [6, 6.07) is 8.71. The summed E-state index contributed by atoms with van der Waals surface area (Å²) in [6.07, 6.45) is -4.08. The van der Waals surface area contributed by atoms with Gasteiger partial charge in [0, 0.05) is 6.54 Å². The van der Waals surface area contributed by atoms with Crippen molar-refractivity contribution in [3.8, 4) is 0 Å². The lowest BCUT2D eigenvalue weighted by molar-refractivity contribution is 0.113. The van der Waals surface area contributed by atoms with Gasteiger partial charge in [0.05, 0.1) is 5.92 Å². The molecular formula is C12H11F2N3O3. The molecule has 2 rings (SSSR count). The molecule has 1 atom stereocenters. The monoisotopic (exact) mass is 283 g/mol. The minimum atomic E-state index is -2.86. The van der Waals surface area contributed by atoms with E-state index in [9.17, 15) is 13.6 Å². The number of rotatable bonds is 5. The third-order valence-corrected chi connectivity index (χ3v) is 2.60. The molecule has 0 radical (unpaired) electrons. The second-order valence-electron chi connectivity index (χ2n) is 3.93. The SMILES string of the molecule is O=C(O)NCC(c1ccccc1)c1nnc(C(F)F)o1. The molecular weight excluding hydrogens is 272 g/mol. The van der Waals surface area contributed by atoms with Gasteiger partial charge in [-0.2, -0.15) is 8.78 Å². The van der Waals surface area contributed by atoms with Crippen LogP contribution in [0, 0.1) is 0 Å². The van der Waals surface area contributed by atoms with E-state index in [1.165, 1.54) is 0 Å². The maximum Gasteiger partial charge on any atom is 0.404 e. The van der Waals surface area contributed by atoms with Crippen molar-refractivity contribution in [2.24, 2.45) is 0 Å². The Kier molecular flexibility index (Phi) is 4.24. The normalized spacial score (nSPS) is 12.3. The van der Waals surface area contributed by atoms with Crippen LogP contribution < -0.4 is 5.32 Å². The molecule has 106 valence electrons. The van der Waals surface area contributed by atoms with Crippen molar-refractivity contribution in [2.75, 3.05) is 6.54 Å². The van der Waals surface area contributed by atoms with Crippen molar-refractivity contribution < 1.29 is 23.1 Å². The number of aromatic nitrogens is 2. The minimum absolute atomic E-state index is 0.0514. The maximum absolute atomic E-state index is 12.5. The number of carbonyl (C=O) groups is 1. The summed E-state index contributed by atoms with van der Waals surface area (Å²) < 4.78 is 29.8. The number of nitrogens with zero attached hydrogens (tertiary/aromatic N) is 2. The minimum Gasteiger partial charge on any atom is -0.465 e. The average molecular weight is 283 g/mol. The van der Waals surface area contributed by atoms with Gasteiger partial charge in [0.2, 0.25) is 5.89 Å². The number of halogens is 2. The summed E-state index contributed by atoms with van der Waals surface area (Å²) in [4.78, 5) is 10.6. The van der Waals surface area contributed by atoms with Crippen LogP contribution in [-0.4, -0.2) is 27.9 Å². The van der Waals surface area contributed by atoms with Gasteiger partial charge in [-0.1, -0.05) is 30.3 Å². The van der Waals surface area contributed by atoms with Gasteiger partial charge in [0.25, 0.3) is 5.89 Å². The predicted octanol–water partition coefficient (Wildman–Crippen LogP) is 2.41. The van der Waals surface area contributed by atoms with E-state index in [1.807, 2.05) is 0 Å². The van der Waals surface area contributed by atoms with Gasteiger partial charge >= 0.3 is 12.5 Å². The standard InChI is InChI=1S/C12H11F2N3O3/c13-9(14)11-17-16-10(20-11)8(6-15-12(18)19)7-4-2-1-3-5-7/h1-5,8-9,15H,6H2,(H,18,19). The molecule has 1 aromatic carbocycles. The van der Waals surface area contributed by atoms with Crippen LogP contribution in [0.4, 0.5) is 13.6 Å². The molecule has 0 saturated heterocycles. The molecule has 1 unspecified atom stereocenters. The van der Waals surface area contributed by atoms with Gasteiger partial charge in [0.15, 0.2) is 0 Å². The summed E-state index contributed by atoms with van der Waals surface area (Å²) >= 11 is 0. The highest BCUT2D eigenvalue weighted by atomic mass is 19.3. The first-order valence-corrected chi connectivity index (χ1v) is 5.71. The van der Waals surface area contributed by atoms with Crippen LogP contribution >= 0.6 is 0 Å². The molecule has 8 heteroatoms. The quantitative estimate of drug-likeness (QED) is 0.879. The summed E-state index contributed by atoms with van der Waals surface area (Å²) in [7, 11) is 0.